The molecule has 0 spiro atoms. The number of aliphatic imine (C=N–C) groups is 1. The quantitative estimate of drug-likeness (QED) is 0.261. The summed E-state index contributed by atoms with van der Waals surface area (Å²) in [5.41, 5.74) is -0.0917. The number of thiazole rings is 1. The lowest BCUT2D eigenvalue weighted by Gasteiger charge is -2.11. The lowest BCUT2D eigenvalue weighted by atomic mass is 10.2. The predicted octanol–water partition coefficient (Wildman–Crippen LogP) is 2.56. The second-order valence-electron chi connectivity index (χ2n) is 5.60. The van der Waals surface area contributed by atoms with Crippen molar-refractivity contribution in [3.05, 3.63) is 52.0 Å². The van der Waals surface area contributed by atoms with Crippen molar-refractivity contribution in [2.45, 2.75) is 19.3 Å². The van der Waals surface area contributed by atoms with Gasteiger partial charge in [-0.05, 0) is 5.56 Å². The van der Waals surface area contributed by atoms with Gasteiger partial charge in [-0.1, -0.05) is 30.3 Å². The smallest absolute Gasteiger partial charge is 0.355 e. The van der Waals surface area contributed by atoms with Crippen LogP contribution >= 0.6 is 35.3 Å². The number of halogens is 4. The van der Waals surface area contributed by atoms with Crippen LogP contribution in [0.25, 0.3) is 0 Å². The minimum atomic E-state index is -4.48. The van der Waals surface area contributed by atoms with Gasteiger partial charge in [-0.3, -0.25) is 4.99 Å². The molecule has 0 fully saturated rings. The van der Waals surface area contributed by atoms with E-state index in [0.29, 0.717) is 0 Å². The molecule has 162 valence electrons. The van der Waals surface area contributed by atoms with Crippen molar-refractivity contribution in [2.75, 3.05) is 19.3 Å². The largest absolute Gasteiger partial charge is 0.434 e. The average Bonchev–Trinajstić information content (AvgIpc) is 3.13. The van der Waals surface area contributed by atoms with Crippen molar-refractivity contribution >= 4 is 51.3 Å². The molecule has 29 heavy (non-hydrogen) atoms. The summed E-state index contributed by atoms with van der Waals surface area (Å²) < 4.78 is 64.2. The lowest BCUT2D eigenvalue weighted by molar-refractivity contribution is -0.140. The third-order valence-electron chi connectivity index (χ3n) is 3.48. The van der Waals surface area contributed by atoms with E-state index in [1.807, 2.05) is 30.3 Å². The normalized spacial score (nSPS) is 12.3. The van der Waals surface area contributed by atoms with Crippen LogP contribution in [0.3, 0.4) is 0 Å². The molecule has 0 unspecified atom stereocenters. The van der Waals surface area contributed by atoms with Gasteiger partial charge in [-0.25, -0.2) is 18.1 Å². The maximum absolute atomic E-state index is 12.5. The highest BCUT2D eigenvalue weighted by atomic mass is 127. The van der Waals surface area contributed by atoms with E-state index in [9.17, 15) is 21.6 Å². The third kappa shape index (κ3) is 9.27. The van der Waals surface area contributed by atoms with E-state index >= 15 is 0 Å². The molecule has 1 aromatic heterocycles. The molecule has 0 aliphatic rings. The van der Waals surface area contributed by atoms with Crippen molar-refractivity contribution < 1.29 is 21.6 Å². The minimum Gasteiger partial charge on any atom is -0.355 e. The van der Waals surface area contributed by atoms with Crippen LogP contribution in [0, 0.1) is 0 Å². The van der Waals surface area contributed by atoms with E-state index < -0.39 is 21.9 Å². The minimum absolute atomic E-state index is 0. The van der Waals surface area contributed by atoms with E-state index in [1.54, 1.807) is 0 Å². The zero-order valence-electron chi connectivity index (χ0n) is 15.4. The van der Waals surface area contributed by atoms with Crippen LogP contribution in [-0.2, 0) is 29.3 Å². The lowest BCUT2D eigenvalue weighted by Crippen LogP contribution is -2.40. The number of hydrogen-bond acceptors (Lipinski definition) is 5. The standard InChI is InChI=1S/C16H20F3N5O2S2.HI/c1-20-15(22-10-14-24-13(11-27-14)16(17,18)19)21-7-8-28(25,26)23-9-12-5-3-2-4-6-12;/h2-6,11,23H,7-10H2,1H3,(H2,20,21,22);1H. The second kappa shape index (κ2) is 11.7. The Balaban J connectivity index is 0.00000420. The van der Waals surface area contributed by atoms with Crippen LogP contribution in [0.4, 0.5) is 13.2 Å². The average molecular weight is 563 g/mol. The first-order chi connectivity index (χ1) is 13.2. The Morgan fingerprint density at radius 2 is 1.86 bits per heavy atom. The van der Waals surface area contributed by atoms with Gasteiger partial charge in [-0.2, -0.15) is 13.2 Å². The van der Waals surface area contributed by atoms with E-state index in [4.69, 9.17) is 0 Å². The fourth-order valence-corrected chi connectivity index (χ4v) is 3.71. The molecule has 0 bridgehead atoms. The Morgan fingerprint density at radius 3 is 2.45 bits per heavy atom. The highest BCUT2D eigenvalue weighted by Crippen LogP contribution is 2.29. The summed E-state index contributed by atoms with van der Waals surface area (Å²) in [6.07, 6.45) is -4.48. The molecular weight excluding hydrogens is 542 g/mol. The monoisotopic (exact) mass is 563 g/mol. The van der Waals surface area contributed by atoms with Crippen LogP contribution in [0.1, 0.15) is 16.3 Å². The molecule has 13 heteroatoms. The molecule has 1 heterocycles. The molecule has 0 amide bonds. The topological polar surface area (TPSA) is 95.5 Å². The SMILES string of the molecule is CN=C(NCCS(=O)(=O)NCc1ccccc1)NCc1nc(C(F)(F)F)cs1.I. The fraction of sp³-hybridized carbons (Fsp3) is 0.375. The van der Waals surface area contributed by atoms with Crippen molar-refractivity contribution in [1.29, 1.82) is 0 Å². The van der Waals surface area contributed by atoms with Crippen molar-refractivity contribution in [1.82, 2.24) is 20.3 Å². The number of aromatic nitrogens is 1. The highest BCUT2D eigenvalue weighted by molar-refractivity contribution is 14.0. The van der Waals surface area contributed by atoms with Gasteiger partial charge in [0, 0.05) is 25.5 Å². The van der Waals surface area contributed by atoms with Crippen LogP contribution in [0.15, 0.2) is 40.7 Å². The number of hydrogen-bond donors (Lipinski definition) is 3. The number of sulfonamides is 1. The van der Waals surface area contributed by atoms with Gasteiger partial charge in [0.25, 0.3) is 0 Å². The predicted molar refractivity (Wildman–Crippen MR) is 118 cm³/mol. The molecule has 3 N–H and O–H groups in total. The maximum atomic E-state index is 12.5. The molecule has 0 saturated heterocycles. The molecule has 0 saturated carbocycles. The zero-order valence-corrected chi connectivity index (χ0v) is 19.3. The van der Waals surface area contributed by atoms with Gasteiger partial charge in [-0.15, -0.1) is 35.3 Å². The van der Waals surface area contributed by atoms with E-state index in [0.717, 1.165) is 22.3 Å². The number of rotatable bonds is 8. The summed E-state index contributed by atoms with van der Waals surface area (Å²) in [6, 6.07) is 9.11. The zero-order chi connectivity index (χ0) is 20.6. The second-order valence-corrected chi connectivity index (χ2v) is 8.47. The van der Waals surface area contributed by atoms with E-state index in [2.05, 4.69) is 25.3 Å². The van der Waals surface area contributed by atoms with Crippen molar-refractivity contribution in [2.24, 2.45) is 4.99 Å². The van der Waals surface area contributed by atoms with Gasteiger partial charge in [0.2, 0.25) is 10.0 Å². The summed E-state index contributed by atoms with van der Waals surface area (Å²) in [5, 5.41) is 6.79. The summed E-state index contributed by atoms with van der Waals surface area (Å²) >= 11 is 0.879. The Labute approximate surface area is 188 Å². The summed E-state index contributed by atoms with van der Waals surface area (Å²) in [6.45, 7) is 0.316. The number of guanidine groups is 1. The third-order valence-corrected chi connectivity index (χ3v) is 5.65. The molecule has 2 rings (SSSR count). The molecule has 0 aliphatic heterocycles. The molecule has 7 nitrogen and oxygen atoms in total. The number of alkyl halides is 3. The highest BCUT2D eigenvalue weighted by Gasteiger charge is 2.33. The maximum Gasteiger partial charge on any atom is 0.434 e. The molecule has 2 aromatic rings. The Morgan fingerprint density at radius 1 is 1.17 bits per heavy atom. The Hall–Kier alpha value is -1.45. The van der Waals surface area contributed by atoms with Crippen molar-refractivity contribution in [3.63, 3.8) is 0 Å². The van der Waals surface area contributed by atoms with Crippen LogP contribution in [0.2, 0.25) is 0 Å². The molecule has 1 aromatic carbocycles. The summed E-state index contributed by atoms with van der Waals surface area (Å²) in [7, 11) is -2.02. The summed E-state index contributed by atoms with van der Waals surface area (Å²) in [5.74, 6) is 0.0812. The van der Waals surface area contributed by atoms with Crippen molar-refractivity contribution in [3.8, 4) is 0 Å². The number of benzene rings is 1. The molecule has 0 radical (unpaired) electrons. The van der Waals surface area contributed by atoms with Crippen LogP contribution in [-0.4, -0.2) is 38.7 Å². The first-order valence-electron chi connectivity index (χ1n) is 8.17. The molecular formula is C16H21F3IN5O2S2. The first kappa shape index (κ1) is 25.6. The summed E-state index contributed by atoms with van der Waals surface area (Å²) in [4.78, 5) is 7.41. The molecule has 0 aliphatic carbocycles. The fourth-order valence-electron chi connectivity index (χ4n) is 2.07. The van der Waals surface area contributed by atoms with E-state index in [-0.39, 0.29) is 60.3 Å². The number of nitrogens with zero attached hydrogens (tertiary/aromatic N) is 2. The van der Waals surface area contributed by atoms with Gasteiger partial charge < -0.3 is 10.6 Å². The van der Waals surface area contributed by atoms with Crippen LogP contribution < -0.4 is 15.4 Å². The van der Waals surface area contributed by atoms with Gasteiger partial charge >= 0.3 is 6.18 Å². The van der Waals surface area contributed by atoms with E-state index in [1.165, 1.54) is 7.05 Å². The Bertz CT molecular complexity index is 889. The van der Waals surface area contributed by atoms with Gasteiger partial charge in [0.15, 0.2) is 11.7 Å². The molecule has 0 atom stereocenters. The van der Waals surface area contributed by atoms with Gasteiger partial charge in [0.1, 0.15) is 5.01 Å². The van der Waals surface area contributed by atoms with Gasteiger partial charge in [0.05, 0.1) is 12.3 Å². The Kier molecular flexibility index (Phi) is 10.3. The van der Waals surface area contributed by atoms with Crippen LogP contribution in [0.5, 0.6) is 0 Å². The number of nitrogens with one attached hydrogen (secondary N) is 3. The first-order valence-corrected chi connectivity index (χ1v) is 10.7.